The van der Waals surface area contributed by atoms with Crippen LogP contribution in [0.1, 0.15) is 22.3 Å². The van der Waals surface area contributed by atoms with Crippen LogP contribution in [0.15, 0.2) is 186 Å². The van der Waals surface area contributed by atoms with Gasteiger partial charge in [0.1, 0.15) is 0 Å². The molecule has 2 aromatic heterocycles. The Morgan fingerprint density at radius 2 is 0.960 bits per heavy atom. The third kappa shape index (κ3) is 4.35. The molecule has 4 heteroatoms. The second-order valence-corrected chi connectivity index (χ2v) is 13.8. The molecule has 0 N–H and O–H groups in total. The first-order valence-electron chi connectivity index (χ1n) is 16.8. The molecule has 1 aliphatic carbocycles. The van der Waals surface area contributed by atoms with Crippen molar-refractivity contribution < 1.29 is 0 Å². The molecule has 10 rings (SSSR count). The van der Waals surface area contributed by atoms with E-state index in [1.807, 2.05) is 42.2 Å². The third-order valence-electron chi connectivity index (χ3n) is 10.1. The number of fused-ring (bicyclic) bond motifs is 11. The van der Waals surface area contributed by atoms with Crippen molar-refractivity contribution in [3.05, 3.63) is 198 Å². The number of rotatable bonds is 3. The lowest BCUT2D eigenvalue weighted by Crippen LogP contribution is -2.34. The van der Waals surface area contributed by atoms with Gasteiger partial charge in [0.25, 0.3) is 0 Å². The molecule has 50 heavy (non-hydrogen) atoms. The summed E-state index contributed by atoms with van der Waals surface area (Å²) in [6.45, 7) is 0. The largest absolute Gasteiger partial charge is 0.264 e. The summed E-state index contributed by atoms with van der Waals surface area (Å²) in [5, 5.41) is 0. The van der Waals surface area contributed by atoms with Crippen LogP contribution in [0.5, 0.6) is 0 Å². The van der Waals surface area contributed by atoms with Crippen LogP contribution in [0.2, 0.25) is 0 Å². The highest BCUT2D eigenvalue weighted by Crippen LogP contribution is 2.61. The minimum absolute atomic E-state index is 0.582. The monoisotopic (exact) mass is 655 g/mol. The van der Waals surface area contributed by atoms with Crippen molar-refractivity contribution in [2.45, 2.75) is 15.2 Å². The second kappa shape index (κ2) is 11.5. The van der Waals surface area contributed by atoms with Gasteiger partial charge in [0, 0.05) is 38.9 Å². The molecular weight excluding hydrogens is 627 g/mol. The van der Waals surface area contributed by atoms with E-state index in [1.54, 1.807) is 6.20 Å². The number of hydrogen-bond donors (Lipinski definition) is 0. The molecule has 234 valence electrons. The maximum Gasteiger partial charge on any atom is 0.160 e. The molecule has 0 fully saturated rings. The summed E-state index contributed by atoms with van der Waals surface area (Å²) in [6, 6.07) is 59.1. The zero-order chi connectivity index (χ0) is 33.1. The van der Waals surface area contributed by atoms with Gasteiger partial charge in [-0.25, -0.2) is 9.97 Å². The van der Waals surface area contributed by atoms with E-state index in [0.717, 1.165) is 28.1 Å². The Labute approximate surface area is 295 Å². The number of hydrogen-bond acceptors (Lipinski definition) is 4. The van der Waals surface area contributed by atoms with Gasteiger partial charge in [-0.05, 0) is 80.9 Å². The Bertz CT molecular complexity index is 2480. The first-order valence-corrected chi connectivity index (χ1v) is 17.7. The minimum atomic E-state index is -0.582. The van der Waals surface area contributed by atoms with E-state index in [-0.39, 0.29) is 0 Å². The molecule has 6 aromatic carbocycles. The number of aromatic nitrogens is 3. The summed E-state index contributed by atoms with van der Waals surface area (Å²) in [5.41, 5.74) is 14.2. The van der Waals surface area contributed by atoms with Gasteiger partial charge < -0.3 is 0 Å². The predicted octanol–water partition coefficient (Wildman–Crippen LogP) is 11.4. The molecular formula is C46H29N3S. The molecule has 3 nitrogen and oxygen atoms in total. The van der Waals surface area contributed by atoms with E-state index in [0.29, 0.717) is 5.82 Å². The fourth-order valence-corrected chi connectivity index (χ4v) is 9.13. The van der Waals surface area contributed by atoms with Crippen LogP contribution in [0.4, 0.5) is 0 Å². The molecule has 1 spiro atoms. The van der Waals surface area contributed by atoms with Crippen LogP contribution in [0, 0.1) is 0 Å². The van der Waals surface area contributed by atoms with E-state index >= 15 is 0 Å². The van der Waals surface area contributed by atoms with Crippen LogP contribution < -0.4 is 0 Å². The van der Waals surface area contributed by atoms with Crippen LogP contribution in [-0.2, 0) is 5.41 Å². The molecule has 0 saturated carbocycles. The van der Waals surface area contributed by atoms with Gasteiger partial charge in [-0.15, -0.1) is 0 Å². The Morgan fingerprint density at radius 3 is 1.64 bits per heavy atom. The second-order valence-electron chi connectivity index (χ2n) is 12.8. The van der Waals surface area contributed by atoms with E-state index < -0.39 is 5.41 Å². The lowest BCUT2D eigenvalue weighted by molar-refractivity contribution is 0.708. The smallest absolute Gasteiger partial charge is 0.160 e. The van der Waals surface area contributed by atoms with Crippen molar-refractivity contribution in [3.63, 3.8) is 0 Å². The van der Waals surface area contributed by atoms with Crippen molar-refractivity contribution in [1.29, 1.82) is 0 Å². The average molecular weight is 656 g/mol. The predicted molar refractivity (Wildman–Crippen MR) is 203 cm³/mol. The van der Waals surface area contributed by atoms with Gasteiger partial charge in [0.15, 0.2) is 5.82 Å². The van der Waals surface area contributed by atoms with Gasteiger partial charge in [-0.2, -0.15) is 0 Å². The van der Waals surface area contributed by atoms with Gasteiger partial charge >= 0.3 is 0 Å². The van der Waals surface area contributed by atoms with Gasteiger partial charge in [-0.1, -0.05) is 139 Å². The lowest BCUT2D eigenvalue weighted by Gasteiger charge is -2.42. The SMILES string of the molecule is c1ccc(-c2nc(-c3cccnc3)cc(-c3ccc4c(c3)C3(c5ccccc5Sc5ccccc53)c3ccccc3-c3ccccc3-4)n2)cc1. The zero-order valence-electron chi connectivity index (χ0n) is 27.0. The summed E-state index contributed by atoms with van der Waals surface area (Å²) >= 11 is 1.86. The van der Waals surface area contributed by atoms with E-state index in [2.05, 4.69) is 145 Å². The van der Waals surface area contributed by atoms with E-state index in [9.17, 15) is 0 Å². The quantitative estimate of drug-likeness (QED) is 0.190. The van der Waals surface area contributed by atoms with Crippen molar-refractivity contribution in [3.8, 4) is 56.2 Å². The third-order valence-corrected chi connectivity index (χ3v) is 11.2. The Kier molecular flexibility index (Phi) is 6.64. The van der Waals surface area contributed by atoms with Crippen LogP contribution in [0.3, 0.4) is 0 Å². The normalized spacial score (nSPS) is 13.3. The first-order chi connectivity index (χ1) is 24.8. The Hall–Kier alpha value is -6.10. The number of pyridine rings is 1. The number of benzene rings is 6. The highest BCUT2D eigenvalue weighted by molar-refractivity contribution is 7.99. The fourth-order valence-electron chi connectivity index (χ4n) is 7.94. The van der Waals surface area contributed by atoms with Crippen LogP contribution in [0.25, 0.3) is 56.2 Å². The summed E-state index contributed by atoms with van der Waals surface area (Å²) in [6.07, 6.45) is 3.66. The van der Waals surface area contributed by atoms with E-state index in [1.165, 1.54) is 54.3 Å². The Balaban J connectivity index is 1.33. The summed E-state index contributed by atoms with van der Waals surface area (Å²) < 4.78 is 0. The molecule has 0 unspecified atom stereocenters. The van der Waals surface area contributed by atoms with Crippen molar-refractivity contribution >= 4 is 11.8 Å². The van der Waals surface area contributed by atoms with Crippen molar-refractivity contribution in [1.82, 2.24) is 15.0 Å². The lowest BCUT2D eigenvalue weighted by atomic mass is 9.63. The van der Waals surface area contributed by atoms with Crippen LogP contribution in [-0.4, -0.2) is 15.0 Å². The minimum Gasteiger partial charge on any atom is -0.264 e. The maximum absolute atomic E-state index is 5.25. The molecule has 2 aliphatic rings. The topological polar surface area (TPSA) is 38.7 Å². The molecule has 0 saturated heterocycles. The zero-order valence-corrected chi connectivity index (χ0v) is 27.8. The van der Waals surface area contributed by atoms with Crippen LogP contribution >= 0.6 is 11.8 Å². The molecule has 0 atom stereocenters. The summed E-state index contributed by atoms with van der Waals surface area (Å²) in [4.78, 5) is 17.3. The fraction of sp³-hybridized carbons (Fsp3) is 0.0217. The Morgan fingerprint density at radius 1 is 0.400 bits per heavy atom. The standard InChI is InChI=1S/C46H29N3S/c1-2-13-30(14-3-1)45-48-41(28-42(49-45)32-15-12-26-47-29-32)31-24-25-36-34-17-5-4-16-33(34)35-18-6-7-19-37(35)46(40(36)27-31)38-20-8-10-22-43(38)50-44-23-11-9-21-39(44)46/h1-29H. The maximum atomic E-state index is 5.25. The molecule has 0 radical (unpaired) electrons. The summed E-state index contributed by atoms with van der Waals surface area (Å²) in [7, 11) is 0. The summed E-state index contributed by atoms with van der Waals surface area (Å²) in [5.74, 6) is 0.687. The molecule has 0 bridgehead atoms. The highest BCUT2D eigenvalue weighted by atomic mass is 32.2. The molecule has 1 aliphatic heterocycles. The molecule has 8 aromatic rings. The first kappa shape index (κ1) is 28.9. The number of nitrogens with zero attached hydrogens (tertiary/aromatic N) is 3. The highest BCUT2D eigenvalue weighted by Gasteiger charge is 2.48. The molecule has 3 heterocycles. The van der Waals surface area contributed by atoms with Gasteiger partial charge in [0.05, 0.1) is 16.8 Å². The molecule has 0 amide bonds. The van der Waals surface area contributed by atoms with Crippen molar-refractivity contribution in [2.75, 3.05) is 0 Å². The van der Waals surface area contributed by atoms with Crippen molar-refractivity contribution in [2.24, 2.45) is 0 Å². The van der Waals surface area contributed by atoms with Gasteiger partial charge in [0.2, 0.25) is 0 Å². The van der Waals surface area contributed by atoms with E-state index in [4.69, 9.17) is 9.97 Å². The average Bonchev–Trinajstić information content (AvgIpc) is 3.30. The van der Waals surface area contributed by atoms with Gasteiger partial charge in [-0.3, -0.25) is 4.98 Å².